The van der Waals surface area contributed by atoms with E-state index in [2.05, 4.69) is 10.5 Å². The van der Waals surface area contributed by atoms with Gasteiger partial charge >= 0.3 is 0 Å². The quantitative estimate of drug-likeness (QED) is 0.673. The van der Waals surface area contributed by atoms with Crippen molar-refractivity contribution in [3.63, 3.8) is 0 Å². The predicted octanol–water partition coefficient (Wildman–Crippen LogP) is 2.58. The van der Waals surface area contributed by atoms with E-state index < -0.39 is 0 Å². The van der Waals surface area contributed by atoms with Crippen LogP contribution in [0.5, 0.6) is 0 Å². The van der Waals surface area contributed by atoms with Gasteiger partial charge in [0.2, 0.25) is 0 Å². The summed E-state index contributed by atoms with van der Waals surface area (Å²) >= 11 is 6.23. The third-order valence-electron chi connectivity index (χ3n) is 3.46. The number of aromatic nitrogens is 2. The molecule has 2 rings (SSSR count). The molecule has 0 bridgehead atoms. The molecule has 1 aromatic heterocycles. The fourth-order valence-corrected chi connectivity index (χ4v) is 2.53. The van der Waals surface area contributed by atoms with Gasteiger partial charge in [0.05, 0.1) is 22.5 Å². The summed E-state index contributed by atoms with van der Waals surface area (Å²) in [6.45, 7) is 3.57. The summed E-state index contributed by atoms with van der Waals surface area (Å²) in [6.07, 6.45) is 0.465. The number of benzene rings is 1. The van der Waals surface area contributed by atoms with E-state index in [0.717, 1.165) is 11.4 Å². The zero-order valence-corrected chi connectivity index (χ0v) is 12.5. The smallest absolute Gasteiger partial charge is 0.130 e. The predicted molar refractivity (Wildman–Crippen MR) is 77.9 cm³/mol. The SMILES string of the molecule is Cc1cccc(C(Cc2c(Cl)c(C)nn2C)NN)c1F. The van der Waals surface area contributed by atoms with E-state index in [1.54, 1.807) is 23.7 Å². The van der Waals surface area contributed by atoms with E-state index in [1.165, 1.54) is 0 Å². The molecule has 108 valence electrons. The molecule has 1 atom stereocenters. The molecule has 0 aliphatic rings. The first-order valence-corrected chi connectivity index (χ1v) is 6.72. The van der Waals surface area contributed by atoms with Crippen molar-refractivity contribution >= 4 is 11.6 Å². The summed E-state index contributed by atoms with van der Waals surface area (Å²) in [4.78, 5) is 0. The second kappa shape index (κ2) is 5.91. The van der Waals surface area contributed by atoms with Crippen molar-refractivity contribution in [2.75, 3.05) is 0 Å². The lowest BCUT2D eigenvalue weighted by atomic mass is 9.99. The number of hydrogen-bond acceptors (Lipinski definition) is 3. The fraction of sp³-hybridized carbons (Fsp3) is 0.357. The monoisotopic (exact) mass is 296 g/mol. The summed E-state index contributed by atoms with van der Waals surface area (Å²) in [5.74, 6) is 5.34. The number of nitrogens with zero attached hydrogens (tertiary/aromatic N) is 2. The molecular formula is C14H18ClFN4. The van der Waals surface area contributed by atoms with Gasteiger partial charge in [-0.15, -0.1) is 0 Å². The standard InChI is InChI=1S/C14H18ClFN4/c1-8-5-4-6-10(14(8)16)11(18-17)7-12-13(15)9(2)19-20(12)3/h4-6,11,18H,7,17H2,1-3H3. The highest BCUT2D eigenvalue weighted by Gasteiger charge is 2.20. The van der Waals surface area contributed by atoms with E-state index >= 15 is 0 Å². The maximum Gasteiger partial charge on any atom is 0.130 e. The van der Waals surface area contributed by atoms with Crippen molar-refractivity contribution in [3.05, 3.63) is 51.6 Å². The van der Waals surface area contributed by atoms with Gasteiger partial charge in [-0.2, -0.15) is 5.10 Å². The van der Waals surface area contributed by atoms with Gasteiger partial charge in [0.25, 0.3) is 0 Å². The molecule has 1 unspecified atom stereocenters. The van der Waals surface area contributed by atoms with Crippen LogP contribution in [0.25, 0.3) is 0 Å². The number of halogens is 2. The topological polar surface area (TPSA) is 55.9 Å². The lowest BCUT2D eigenvalue weighted by Crippen LogP contribution is -2.31. The largest absolute Gasteiger partial charge is 0.271 e. The van der Waals surface area contributed by atoms with E-state index in [0.29, 0.717) is 22.6 Å². The Morgan fingerprint density at radius 3 is 2.70 bits per heavy atom. The molecule has 0 saturated heterocycles. The van der Waals surface area contributed by atoms with Gasteiger partial charge in [0.1, 0.15) is 5.82 Å². The lowest BCUT2D eigenvalue weighted by molar-refractivity contribution is 0.495. The molecule has 0 radical (unpaired) electrons. The summed E-state index contributed by atoms with van der Waals surface area (Å²) in [7, 11) is 1.81. The van der Waals surface area contributed by atoms with Crippen LogP contribution in [0.4, 0.5) is 4.39 Å². The number of rotatable bonds is 4. The third kappa shape index (κ3) is 2.70. The molecule has 2 aromatic rings. The van der Waals surface area contributed by atoms with Crippen LogP contribution in [-0.2, 0) is 13.5 Å². The normalized spacial score (nSPS) is 12.7. The number of nitrogens with two attached hydrogens (primary N) is 1. The highest BCUT2D eigenvalue weighted by molar-refractivity contribution is 6.31. The van der Waals surface area contributed by atoms with Crippen LogP contribution in [0, 0.1) is 19.7 Å². The highest BCUT2D eigenvalue weighted by Crippen LogP contribution is 2.27. The average molecular weight is 297 g/mol. The Labute approximate surface area is 122 Å². The first-order chi connectivity index (χ1) is 9.45. The van der Waals surface area contributed by atoms with Crippen molar-refractivity contribution < 1.29 is 4.39 Å². The number of nitrogens with one attached hydrogen (secondary N) is 1. The first kappa shape index (κ1) is 15.0. The summed E-state index contributed by atoms with van der Waals surface area (Å²) in [6, 6.07) is 4.91. The maximum atomic E-state index is 14.2. The molecule has 0 amide bonds. The summed E-state index contributed by atoms with van der Waals surface area (Å²) < 4.78 is 15.9. The van der Waals surface area contributed by atoms with Gasteiger partial charge in [0.15, 0.2) is 0 Å². The molecule has 3 N–H and O–H groups in total. The van der Waals surface area contributed by atoms with Gasteiger partial charge < -0.3 is 0 Å². The Kier molecular flexibility index (Phi) is 4.42. The zero-order valence-electron chi connectivity index (χ0n) is 11.7. The van der Waals surface area contributed by atoms with Crippen molar-refractivity contribution in [2.45, 2.75) is 26.3 Å². The minimum absolute atomic E-state index is 0.245. The van der Waals surface area contributed by atoms with Crippen LogP contribution in [0.15, 0.2) is 18.2 Å². The fourth-order valence-electron chi connectivity index (χ4n) is 2.29. The Morgan fingerprint density at radius 2 is 2.15 bits per heavy atom. The van der Waals surface area contributed by atoms with Crippen LogP contribution in [-0.4, -0.2) is 9.78 Å². The van der Waals surface area contributed by atoms with E-state index in [1.807, 2.05) is 20.0 Å². The molecule has 0 aliphatic heterocycles. The van der Waals surface area contributed by atoms with Crippen molar-refractivity contribution in [1.29, 1.82) is 0 Å². The van der Waals surface area contributed by atoms with Crippen molar-refractivity contribution in [3.8, 4) is 0 Å². The molecule has 0 saturated carbocycles. The van der Waals surface area contributed by atoms with Crippen LogP contribution < -0.4 is 11.3 Å². The second-order valence-corrected chi connectivity index (χ2v) is 5.25. The Balaban J connectivity index is 2.36. The summed E-state index contributed by atoms with van der Waals surface area (Å²) in [5.41, 5.74) is 5.36. The van der Waals surface area contributed by atoms with Gasteiger partial charge in [-0.25, -0.2) is 4.39 Å². The second-order valence-electron chi connectivity index (χ2n) is 4.87. The molecule has 4 nitrogen and oxygen atoms in total. The molecule has 20 heavy (non-hydrogen) atoms. The minimum atomic E-state index is -0.359. The lowest BCUT2D eigenvalue weighted by Gasteiger charge is -2.18. The van der Waals surface area contributed by atoms with Gasteiger partial charge in [-0.3, -0.25) is 16.0 Å². The Hall–Kier alpha value is -1.43. The van der Waals surface area contributed by atoms with Crippen LogP contribution in [0.1, 0.15) is 28.6 Å². The number of hydrazine groups is 1. The Morgan fingerprint density at radius 1 is 1.45 bits per heavy atom. The molecule has 1 aromatic carbocycles. The summed E-state index contributed by atoms with van der Waals surface area (Å²) in [5, 5.41) is 4.85. The van der Waals surface area contributed by atoms with E-state index in [9.17, 15) is 4.39 Å². The molecule has 1 heterocycles. The first-order valence-electron chi connectivity index (χ1n) is 6.34. The van der Waals surface area contributed by atoms with Gasteiger partial charge in [-0.05, 0) is 19.4 Å². The van der Waals surface area contributed by atoms with E-state index in [4.69, 9.17) is 17.4 Å². The van der Waals surface area contributed by atoms with Crippen LogP contribution in [0.2, 0.25) is 5.02 Å². The van der Waals surface area contributed by atoms with Crippen LogP contribution in [0.3, 0.4) is 0 Å². The Bertz CT molecular complexity index is 624. The van der Waals surface area contributed by atoms with Crippen molar-refractivity contribution in [2.24, 2.45) is 12.9 Å². The number of aryl methyl sites for hydroxylation is 3. The minimum Gasteiger partial charge on any atom is -0.271 e. The molecule has 6 heteroatoms. The third-order valence-corrected chi connectivity index (χ3v) is 3.95. The highest BCUT2D eigenvalue weighted by atomic mass is 35.5. The van der Waals surface area contributed by atoms with Crippen LogP contribution >= 0.6 is 11.6 Å². The molecule has 0 spiro atoms. The average Bonchev–Trinajstić information content (AvgIpc) is 2.65. The van der Waals surface area contributed by atoms with Gasteiger partial charge in [0, 0.05) is 19.0 Å². The van der Waals surface area contributed by atoms with Gasteiger partial charge in [-0.1, -0.05) is 29.8 Å². The zero-order chi connectivity index (χ0) is 14.9. The molecular weight excluding hydrogens is 279 g/mol. The van der Waals surface area contributed by atoms with E-state index in [-0.39, 0.29) is 11.9 Å². The molecule has 0 fully saturated rings. The molecule has 0 aliphatic carbocycles. The number of hydrogen-bond donors (Lipinski definition) is 2. The maximum absolute atomic E-state index is 14.2. The van der Waals surface area contributed by atoms with Crippen molar-refractivity contribution in [1.82, 2.24) is 15.2 Å².